The van der Waals surface area contributed by atoms with Gasteiger partial charge in [-0.25, -0.2) is 0 Å². The molecule has 0 amide bonds. The number of carbonyl (C=O) groups excluding carboxylic acids is 2. The van der Waals surface area contributed by atoms with Gasteiger partial charge >= 0.3 is 0 Å². The van der Waals surface area contributed by atoms with Crippen molar-refractivity contribution in [3.05, 3.63) is 12.2 Å². The molecule has 0 radical (unpaired) electrons. The topological polar surface area (TPSA) is 54.4 Å². The maximum atomic E-state index is 12.3. The number of ketones is 2. The zero-order valence-corrected chi connectivity index (χ0v) is 13.5. The van der Waals surface area contributed by atoms with Gasteiger partial charge in [0.15, 0.2) is 5.78 Å². The van der Waals surface area contributed by atoms with Crippen LogP contribution in [0.15, 0.2) is 12.2 Å². The summed E-state index contributed by atoms with van der Waals surface area (Å²) in [5, 5.41) is 10.9. The first-order valence-electron chi connectivity index (χ1n) is 8.79. The maximum Gasteiger partial charge on any atom is 0.161 e. The van der Waals surface area contributed by atoms with Crippen molar-refractivity contribution in [3.63, 3.8) is 0 Å². The van der Waals surface area contributed by atoms with Crippen LogP contribution in [-0.2, 0) is 9.59 Å². The first-order valence-corrected chi connectivity index (χ1v) is 8.79. The van der Waals surface area contributed by atoms with Crippen molar-refractivity contribution in [1.29, 1.82) is 0 Å². The minimum Gasteiger partial charge on any atom is -0.393 e. The average molecular weight is 302 g/mol. The molecular formula is C19H26O3. The third kappa shape index (κ3) is 1.72. The lowest BCUT2D eigenvalue weighted by Crippen LogP contribution is -2.59. The van der Waals surface area contributed by atoms with Crippen molar-refractivity contribution in [2.24, 2.45) is 34.5 Å². The van der Waals surface area contributed by atoms with Gasteiger partial charge in [0.1, 0.15) is 5.78 Å². The van der Waals surface area contributed by atoms with Gasteiger partial charge < -0.3 is 5.11 Å². The number of hydrogen-bond donors (Lipinski definition) is 1. The molecule has 0 spiro atoms. The summed E-state index contributed by atoms with van der Waals surface area (Å²) in [5.74, 6) is 1.94. The molecule has 3 nitrogen and oxygen atoms in total. The lowest BCUT2D eigenvalue weighted by Gasteiger charge is -2.60. The van der Waals surface area contributed by atoms with Crippen molar-refractivity contribution in [2.75, 3.05) is 0 Å². The minimum atomic E-state index is -0.406. The molecule has 0 aromatic heterocycles. The number of allylic oxidation sites excluding steroid dienone is 2. The Morgan fingerprint density at radius 1 is 1.23 bits per heavy atom. The smallest absolute Gasteiger partial charge is 0.161 e. The molecule has 22 heavy (non-hydrogen) atoms. The fraction of sp³-hybridized carbons (Fsp3) is 0.789. The molecule has 1 unspecified atom stereocenters. The van der Waals surface area contributed by atoms with Crippen molar-refractivity contribution < 1.29 is 14.7 Å². The van der Waals surface area contributed by atoms with Crippen LogP contribution in [0, 0.1) is 34.5 Å². The van der Waals surface area contributed by atoms with E-state index in [9.17, 15) is 14.7 Å². The van der Waals surface area contributed by atoms with E-state index in [4.69, 9.17) is 0 Å². The summed E-state index contributed by atoms with van der Waals surface area (Å²) < 4.78 is 0. The van der Waals surface area contributed by atoms with E-state index in [0.717, 1.165) is 19.3 Å². The van der Waals surface area contributed by atoms with Crippen molar-refractivity contribution >= 4 is 11.6 Å². The monoisotopic (exact) mass is 302 g/mol. The van der Waals surface area contributed by atoms with Crippen LogP contribution in [0.1, 0.15) is 52.4 Å². The van der Waals surface area contributed by atoms with E-state index in [1.54, 1.807) is 6.08 Å². The zero-order valence-electron chi connectivity index (χ0n) is 13.5. The first-order chi connectivity index (χ1) is 10.4. The number of carbonyl (C=O) groups is 2. The van der Waals surface area contributed by atoms with Gasteiger partial charge in [-0.1, -0.05) is 19.9 Å². The maximum absolute atomic E-state index is 12.3. The SMILES string of the molecule is C[C@]12CCC(=O)CC1CC[C@@H]1[C@@H]2[C@H](O)C[C@]2(C)C(=O)C=C[C@@H]12. The summed E-state index contributed by atoms with van der Waals surface area (Å²) in [7, 11) is 0. The van der Waals surface area contributed by atoms with Gasteiger partial charge in [0.05, 0.1) is 6.10 Å². The van der Waals surface area contributed by atoms with E-state index in [2.05, 4.69) is 13.0 Å². The van der Waals surface area contributed by atoms with Crippen molar-refractivity contribution in [3.8, 4) is 0 Å². The van der Waals surface area contributed by atoms with E-state index in [1.165, 1.54) is 0 Å². The number of Topliss-reactive ketones (excluding diaryl/α,β-unsaturated/α-hetero) is 1. The molecule has 3 fully saturated rings. The molecule has 120 valence electrons. The van der Waals surface area contributed by atoms with E-state index in [0.29, 0.717) is 36.9 Å². The molecule has 3 saturated carbocycles. The molecule has 7 atom stereocenters. The highest BCUT2D eigenvalue weighted by atomic mass is 16.3. The standard InChI is InChI=1S/C19H26O3/c1-18-8-7-12(20)9-11(18)3-4-13-14-5-6-16(22)19(14,2)10-15(21)17(13)18/h5-6,11,13-15,17,21H,3-4,7-10H2,1-2H3/t11?,13-,14-,15+,17+,18-,19-/m0/s1. The Labute approximate surface area is 132 Å². The Morgan fingerprint density at radius 2 is 2.00 bits per heavy atom. The molecule has 0 aromatic carbocycles. The van der Waals surface area contributed by atoms with Gasteiger partial charge in [-0.15, -0.1) is 0 Å². The average Bonchev–Trinajstić information content (AvgIpc) is 2.75. The Morgan fingerprint density at radius 3 is 2.77 bits per heavy atom. The minimum absolute atomic E-state index is 0.0665. The number of aliphatic hydroxyl groups is 1. The van der Waals surface area contributed by atoms with Gasteiger partial charge in [-0.2, -0.15) is 0 Å². The summed E-state index contributed by atoms with van der Waals surface area (Å²) in [4.78, 5) is 24.2. The van der Waals surface area contributed by atoms with Crippen molar-refractivity contribution in [2.45, 2.75) is 58.5 Å². The second-order valence-electron chi connectivity index (χ2n) is 8.65. The van der Waals surface area contributed by atoms with E-state index >= 15 is 0 Å². The number of fused-ring (bicyclic) bond motifs is 5. The Bertz CT molecular complexity index is 565. The number of hydrogen-bond acceptors (Lipinski definition) is 3. The van der Waals surface area contributed by atoms with Crippen LogP contribution in [0.4, 0.5) is 0 Å². The second kappa shape index (κ2) is 4.53. The first kappa shape index (κ1) is 14.6. The van der Waals surface area contributed by atoms with Crippen LogP contribution >= 0.6 is 0 Å². The van der Waals surface area contributed by atoms with E-state index in [1.807, 2.05) is 6.92 Å². The van der Waals surface area contributed by atoms with Gasteiger partial charge in [-0.05, 0) is 60.8 Å². The van der Waals surface area contributed by atoms with Crippen LogP contribution in [0.2, 0.25) is 0 Å². The van der Waals surface area contributed by atoms with Crippen LogP contribution < -0.4 is 0 Å². The third-order valence-electron chi connectivity index (χ3n) is 7.68. The lowest BCUT2D eigenvalue weighted by atomic mass is 9.44. The molecule has 0 heterocycles. The zero-order chi connectivity index (χ0) is 15.7. The van der Waals surface area contributed by atoms with Crippen LogP contribution in [0.3, 0.4) is 0 Å². The highest BCUT2D eigenvalue weighted by Gasteiger charge is 2.62. The normalized spacial score (nSPS) is 53.9. The van der Waals surface area contributed by atoms with Gasteiger partial charge in [0, 0.05) is 18.3 Å². The fourth-order valence-electron chi connectivity index (χ4n) is 6.45. The molecular weight excluding hydrogens is 276 g/mol. The molecule has 0 aliphatic heterocycles. The van der Waals surface area contributed by atoms with Crippen LogP contribution in [0.5, 0.6) is 0 Å². The van der Waals surface area contributed by atoms with Gasteiger partial charge in [-0.3, -0.25) is 9.59 Å². The number of rotatable bonds is 0. The summed E-state index contributed by atoms with van der Waals surface area (Å²) >= 11 is 0. The molecule has 4 rings (SSSR count). The molecule has 3 heteroatoms. The summed E-state index contributed by atoms with van der Waals surface area (Å²) in [6, 6.07) is 0. The van der Waals surface area contributed by atoms with Crippen LogP contribution in [-0.4, -0.2) is 22.8 Å². The summed E-state index contributed by atoms with van der Waals surface area (Å²) in [6.07, 6.45) is 8.44. The second-order valence-corrected chi connectivity index (χ2v) is 8.65. The van der Waals surface area contributed by atoms with E-state index in [-0.39, 0.29) is 23.0 Å². The quantitative estimate of drug-likeness (QED) is 0.748. The Balaban J connectivity index is 1.72. The van der Waals surface area contributed by atoms with Crippen LogP contribution in [0.25, 0.3) is 0 Å². The highest BCUT2D eigenvalue weighted by Crippen LogP contribution is 2.64. The van der Waals surface area contributed by atoms with E-state index < -0.39 is 11.5 Å². The molecule has 1 N–H and O–H groups in total. The van der Waals surface area contributed by atoms with Gasteiger partial charge in [0.25, 0.3) is 0 Å². The van der Waals surface area contributed by atoms with Gasteiger partial charge in [0.2, 0.25) is 0 Å². The largest absolute Gasteiger partial charge is 0.393 e. The summed E-state index contributed by atoms with van der Waals surface area (Å²) in [6.45, 7) is 4.34. The lowest BCUT2D eigenvalue weighted by molar-refractivity contribution is -0.167. The molecule has 0 bridgehead atoms. The predicted molar refractivity (Wildman–Crippen MR) is 83.0 cm³/mol. The molecule has 0 saturated heterocycles. The Kier molecular flexibility index (Phi) is 3.01. The molecule has 4 aliphatic rings. The predicted octanol–water partition coefficient (Wildman–Crippen LogP) is 2.91. The molecule has 4 aliphatic carbocycles. The highest BCUT2D eigenvalue weighted by molar-refractivity contribution is 5.97. The summed E-state index contributed by atoms with van der Waals surface area (Å²) in [5.41, 5.74) is -0.328. The van der Waals surface area contributed by atoms with Crippen molar-refractivity contribution in [1.82, 2.24) is 0 Å². The Hall–Kier alpha value is -0.960. The fourth-order valence-corrected chi connectivity index (χ4v) is 6.45. The molecule has 0 aromatic rings. The third-order valence-corrected chi connectivity index (χ3v) is 7.68. The number of aliphatic hydroxyl groups excluding tert-OH is 1.